The highest BCUT2D eigenvalue weighted by molar-refractivity contribution is 6.18. The van der Waals surface area contributed by atoms with Crippen LogP contribution < -0.4 is 0 Å². The Balaban J connectivity index is 0.000000163. The van der Waals surface area contributed by atoms with Crippen LogP contribution in [0.25, 0.3) is 65.7 Å². The molecule has 0 radical (unpaired) electrons. The van der Waals surface area contributed by atoms with Gasteiger partial charge >= 0.3 is 0 Å². The number of rotatable bonds is 4. The number of para-hydroxylation sites is 2. The van der Waals surface area contributed by atoms with Gasteiger partial charge in [-0.25, -0.2) is 0 Å². The lowest BCUT2D eigenvalue weighted by molar-refractivity contribution is 1.19. The monoisotopic (exact) mass is 576 g/mol. The van der Waals surface area contributed by atoms with E-state index in [2.05, 4.69) is 157 Å². The zero-order valence-electron chi connectivity index (χ0n) is 25.4. The molecule has 8 aromatic rings. The average molecular weight is 577 g/mol. The molecule has 0 fully saturated rings. The van der Waals surface area contributed by atoms with Crippen LogP contribution in [0, 0.1) is 24.5 Å². The first-order valence-electron chi connectivity index (χ1n) is 15.2. The molecule has 1 heterocycles. The second kappa shape index (κ2) is 12.0. The highest BCUT2D eigenvalue weighted by atomic mass is 15.0. The molecule has 45 heavy (non-hydrogen) atoms. The number of hydrogen-bond acceptors (Lipinski definition) is 1. The Bertz CT molecular complexity index is 2350. The van der Waals surface area contributed by atoms with E-state index >= 15 is 0 Å². The first-order valence-corrected chi connectivity index (χ1v) is 15.2. The van der Waals surface area contributed by atoms with Crippen molar-refractivity contribution >= 4 is 55.1 Å². The molecule has 0 atom stereocenters. The summed E-state index contributed by atoms with van der Waals surface area (Å²) in [5, 5.41) is 14.7. The predicted octanol–water partition coefficient (Wildman–Crippen LogP) is 11.4. The Labute approximate surface area is 264 Å². The molecule has 0 aliphatic heterocycles. The molecule has 0 amide bonds. The van der Waals surface area contributed by atoms with Gasteiger partial charge in [-0.15, -0.1) is 0 Å². The molecule has 0 saturated heterocycles. The quantitative estimate of drug-likeness (QED) is 0.202. The van der Waals surface area contributed by atoms with Crippen LogP contribution in [-0.4, -0.2) is 10.8 Å². The first kappa shape index (κ1) is 27.9. The minimum Gasteiger partial charge on any atom is -0.308 e. The van der Waals surface area contributed by atoms with E-state index in [1.54, 1.807) is 0 Å². The summed E-state index contributed by atoms with van der Waals surface area (Å²) in [5.74, 6) is 0. The summed E-state index contributed by atoms with van der Waals surface area (Å²) in [7, 11) is 0. The third-order valence-electron chi connectivity index (χ3n) is 8.40. The van der Waals surface area contributed by atoms with E-state index < -0.39 is 0 Å². The fourth-order valence-electron chi connectivity index (χ4n) is 6.25. The summed E-state index contributed by atoms with van der Waals surface area (Å²) in [6.45, 7) is 4.09. The largest absolute Gasteiger partial charge is 0.308 e. The number of hydrogen-bond donors (Lipinski definition) is 1. The molecule has 2 nitrogen and oxygen atoms in total. The van der Waals surface area contributed by atoms with Crippen LogP contribution in [0.15, 0.2) is 146 Å². The summed E-state index contributed by atoms with van der Waals surface area (Å²) in [5.41, 5.74) is 9.27. The van der Waals surface area contributed by atoms with Crippen LogP contribution in [0.4, 0.5) is 0 Å². The normalized spacial score (nSPS) is 11.4. The predicted molar refractivity (Wildman–Crippen MR) is 193 cm³/mol. The Hall–Kier alpha value is -5.91. The van der Waals surface area contributed by atoms with Gasteiger partial charge in [-0.3, -0.25) is 0 Å². The number of allylic oxidation sites excluding steroid dienone is 2. The number of aromatic nitrogens is 1. The topological polar surface area (TPSA) is 28.8 Å². The van der Waals surface area contributed by atoms with Crippen molar-refractivity contribution in [1.29, 1.82) is 5.41 Å². The van der Waals surface area contributed by atoms with Crippen molar-refractivity contribution in [1.82, 2.24) is 4.57 Å². The molecular weight excluding hydrogens is 544 g/mol. The van der Waals surface area contributed by atoms with Crippen molar-refractivity contribution in [3.05, 3.63) is 169 Å². The van der Waals surface area contributed by atoms with Crippen molar-refractivity contribution in [3.8, 4) is 16.8 Å². The molecule has 1 aromatic heterocycles. The van der Waals surface area contributed by atoms with E-state index in [0.717, 1.165) is 38.5 Å². The zero-order valence-corrected chi connectivity index (χ0v) is 25.4. The number of benzene rings is 6. The van der Waals surface area contributed by atoms with Crippen molar-refractivity contribution in [3.63, 3.8) is 0 Å². The van der Waals surface area contributed by atoms with Crippen LogP contribution in [0.2, 0.25) is 0 Å². The lowest BCUT2D eigenvalue weighted by Crippen LogP contribution is -1.94. The smallest absolute Gasteiger partial charge is 0.0710 e. The molecule has 0 saturated carbocycles. The summed E-state index contributed by atoms with van der Waals surface area (Å²) in [6.07, 6.45) is 3.35. The fourth-order valence-corrected chi connectivity index (χ4v) is 6.25. The van der Waals surface area contributed by atoms with Gasteiger partial charge in [0.05, 0.1) is 16.4 Å². The van der Waals surface area contributed by atoms with Gasteiger partial charge in [-0.1, -0.05) is 139 Å². The van der Waals surface area contributed by atoms with E-state index in [1.165, 1.54) is 44.6 Å². The Kier molecular flexibility index (Phi) is 7.44. The second-order valence-corrected chi connectivity index (χ2v) is 11.2. The van der Waals surface area contributed by atoms with Gasteiger partial charge in [0.25, 0.3) is 0 Å². The summed E-state index contributed by atoms with van der Waals surface area (Å²) in [4.78, 5) is 0. The van der Waals surface area contributed by atoms with E-state index in [1.807, 2.05) is 19.1 Å². The summed E-state index contributed by atoms with van der Waals surface area (Å²) in [6, 6.07) is 55.7. The van der Waals surface area contributed by atoms with E-state index in [-0.39, 0.29) is 0 Å². The highest BCUT2D eigenvalue weighted by Gasteiger charge is 2.15. The Morgan fingerprint density at radius 3 is 2.20 bits per heavy atom. The molecular formula is C43H32N2. The average Bonchev–Trinajstić information content (AvgIpc) is 3.44. The molecule has 1 N–H and O–H groups in total. The van der Waals surface area contributed by atoms with Gasteiger partial charge in [0, 0.05) is 28.1 Å². The van der Waals surface area contributed by atoms with Crippen molar-refractivity contribution in [2.75, 3.05) is 0 Å². The van der Waals surface area contributed by atoms with Gasteiger partial charge < -0.3 is 9.98 Å². The minimum absolute atomic E-state index is 0.902. The van der Waals surface area contributed by atoms with E-state index in [0.29, 0.717) is 0 Å². The number of nitrogens with one attached hydrogen (secondary N) is 1. The van der Waals surface area contributed by atoms with Crippen LogP contribution in [0.3, 0.4) is 0 Å². The fraction of sp³-hybridized carbons (Fsp3) is 0.0465. The number of aryl methyl sites for hydroxylation is 1. The van der Waals surface area contributed by atoms with Gasteiger partial charge in [0.1, 0.15) is 0 Å². The molecule has 214 valence electrons. The number of nitrogens with zero attached hydrogens (tertiary/aromatic N) is 1. The molecule has 8 rings (SSSR count). The Morgan fingerprint density at radius 1 is 0.667 bits per heavy atom. The molecule has 0 aliphatic rings. The lowest BCUT2D eigenvalue weighted by atomic mass is 9.97. The van der Waals surface area contributed by atoms with Gasteiger partial charge in [-0.2, -0.15) is 0 Å². The second-order valence-electron chi connectivity index (χ2n) is 11.2. The van der Waals surface area contributed by atoms with Gasteiger partial charge in [0.15, 0.2) is 0 Å². The molecule has 0 bridgehead atoms. The molecule has 0 unspecified atom stereocenters. The van der Waals surface area contributed by atoms with Crippen LogP contribution in [0.5, 0.6) is 0 Å². The maximum absolute atomic E-state index is 7.64. The van der Waals surface area contributed by atoms with Gasteiger partial charge in [0.2, 0.25) is 0 Å². The lowest BCUT2D eigenvalue weighted by Gasteiger charge is -2.09. The molecule has 2 heteroatoms. The van der Waals surface area contributed by atoms with E-state index in [9.17, 15) is 0 Å². The SMILES string of the molecule is C/C=C(\C=N)c1ccc2c(c#cc3c4ccccc4n(-c4ccccc4)c32)c1.Cc1cccc(-c2cccc3ccccc23)c1. The summed E-state index contributed by atoms with van der Waals surface area (Å²) < 4.78 is 2.31. The molecule has 0 aliphatic carbocycles. The van der Waals surface area contributed by atoms with Crippen LogP contribution >= 0.6 is 0 Å². The van der Waals surface area contributed by atoms with Crippen LogP contribution in [-0.2, 0) is 0 Å². The Morgan fingerprint density at radius 2 is 1.40 bits per heavy atom. The third-order valence-corrected chi connectivity index (χ3v) is 8.40. The van der Waals surface area contributed by atoms with Crippen molar-refractivity contribution < 1.29 is 0 Å². The number of fused-ring (bicyclic) bond motifs is 6. The standard InChI is InChI=1S/C26H18N2.C17H14/c1-2-18(17-27)19-12-14-22-20(16-19)13-15-24-23-10-6-7-11-25(23)28(26(22)24)21-8-4-3-5-9-21;1-13-6-4-9-15(12-13)17-11-5-8-14-7-2-3-10-16(14)17/h2-12,14,16-17,27H,1H3;2-12H,1H3/b18-2+,27-17?;. The summed E-state index contributed by atoms with van der Waals surface area (Å²) >= 11 is 0. The van der Waals surface area contributed by atoms with Gasteiger partial charge in [-0.05, 0) is 71.1 Å². The molecule has 7 aromatic carbocycles. The third kappa shape index (κ3) is 5.16. The maximum Gasteiger partial charge on any atom is 0.0710 e. The zero-order chi connectivity index (χ0) is 30.8. The molecule has 0 spiro atoms. The minimum atomic E-state index is 0.902. The van der Waals surface area contributed by atoms with Crippen LogP contribution in [0.1, 0.15) is 18.1 Å². The first-order chi connectivity index (χ1) is 22.2. The van der Waals surface area contributed by atoms with Crippen molar-refractivity contribution in [2.24, 2.45) is 0 Å². The van der Waals surface area contributed by atoms with Crippen molar-refractivity contribution in [2.45, 2.75) is 13.8 Å². The highest BCUT2D eigenvalue weighted by Crippen LogP contribution is 2.35. The maximum atomic E-state index is 7.64. The van der Waals surface area contributed by atoms with E-state index in [4.69, 9.17) is 5.41 Å².